The lowest BCUT2D eigenvalue weighted by Gasteiger charge is -2.26. The molecule has 1 aliphatic rings. The third-order valence-electron chi connectivity index (χ3n) is 3.87. The normalized spacial score (nSPS) is 17.1. The summed E-state index contributed by atoms with van der Waals surface area (Å²) in [5, 5.41) is 0. The minimum atomic E-state index is 0.259. The van der Waals surface area contributed by atoms with Gasteiger partial charge in [0.15, 0.2) is 0 Å². The minimum absolute atomic E-state index is 0.259. The fourth-order valence-electron chi connectivity index (χ4n) is 2.57. The van der Waals surface area contributed by atoms with Crippen molar-refractivity contribution in [3.63, 3.8) is 0 Å². The van der Waals surface area contributed by atoms with Crippen molar-refractivity contribution in [3.8, 4) is 0 Å². The highest BCUT2D eigenvalue weighted by molar-refractivity contribution is 5.15. The summed E-state index contributed by atoms with van der Waals surface area (Å²) in [5.41, 5.74) is 7.69. The first-order valence-electron chi connectivity index (χ1n) is 7.68. The third-order valence-corrected chi connectivity index (χ3v) is 3.87. The zero-order valence-electron chi connectivity index (χ0n) is 12.4. The van der Waals surface area contributed by atoms with Gasteiger partial charge in [0.1, 0.15) is 0 Å². The van der Waals surface area contributed by atoms with Crippen LogP contribution in [0.2, 0.25) is 0 Å². The fourth-order valence-corrected chi connectivity index (χ4v) is 2.57. The van der Waals surface area contributed by atoms with Crippen molar-refractivity contribution < 1.29 is 0 Å². The van der Waals surface area contributed by atoms with Gasteiger partial charge < -0.3 is 5.73 Å². The Hall–Kier alpha value is -0.860. The van der Waals surface area contributed by atoms with Crippen LogP contribution in [-0.4, -0.2) is 30.1 Å². The zero-order chi connectivity index (χ0) is 13.7. The summed E-state index contributed by atoms with van der Waals surface area (Å²) in [6.45, 7) is 6.86. The van der Waals surface area contributed by atoms with Crippen molar-refractivity contribution in [3.05, 3.63) is 35.9 Å². The monoisotopic (exact) mass is 260 g/mol. The standard InChI is InChI=1S/C17H28N2/c1-14(2)10-11-19(17-8-9-17)13-16(18)12-15-6-4-3-5-7-15/h3-7,14,16-17H,8-13,18H2,1-2H3. The molecule has 19 heavy (non-hydrogen) atoms. The van der Waals surface area contributed by atoms with E-state index in [2.05, 4.69) is 49.1 Å². The molecule has 1 fully saturated rings. The highest BCUT2D eigenvalue weighted by Gasteiger charge is 2.29. The quantitative estimate of drug-likeness (QED) is 0.778. The summed E-state index contributed by atoms with van der Waals surface area (Å²) in [4.78, 5) is 2.62. The van der Waals surface area contributed by atoms with Crippen LogP contribution in [0.15, 0.2) is 30.3 Å². The van der Waals surface area contributed by atoms with Gasteiger partial charge in [0.05, 0.1) is 0 Å². The van der Waals surface area contributed by atoms with Crippen molar-refractivity contribution in [1.82, 2.24) is 4.90 Å². The topological polar surface area (TPSA) is 29.3 Å². The Labute approximate surface area is 118 Å². The van der Waals surface area contributed by atoms with Crippen LogP contribution in [0.1, 0.15) is 38.7 Å². The molecule has 0 heterocycles. The van der Waals surface area contributed by atoms with Crippen molar-refractivity contribution >= 4 is 0 Å². The number of nitrogens with two attached hydrogens (primary N) is 1. The first kappa shape index (κ1) is 14.5. The fraction of sp³-hybridized carbons (Fsp3) is 0.647. The molecule has 1 aromatic carbocycles. The van der Waals surface area contributed by atoms with E-state index in [1.165, 1.54) is 31.4 Å². The smallest absolute Gasteiger partial charge is 0.0208 e. The Balaban J connectivity index is 1.79. The first-order chi connectivity index (χ1) is 9.15. The van der Waals surface area contributed by atoms with Gasteiger partial charge in [-0.2, -0.15) is 0 Å². The van der Waals surface area contributed by atoms with Gasteiger partial charge in [-0.15, -0.1) is 0 Å². The summed E-state index contributed by atoms with van der Waals surface area (Å²) in [5.74, 6) is 0.784. The van der Waals surface area contributed by atoms with Crippen LogP contribution in [0.3, 0.4) is 0 Å². The van der Waals surface area contributed by atoms with E-state index in [-0.39, 0.29) is 6.04 Å². The van der Waals surface area contributed by atoms with Crippen LogP contribution in [0.5, 0.6) is 0 Å². The van der Waals surface area contributed by atoms with Crippen LogP contribution < -0.4 is 5.73 Å². The molecule has 0 radical (unpaired) electrons. The SMILES string of the molecule is CC(C)CCN(CC(N)Cc1ccccc1)C1CC1. The molecule has 1 unspecified atom stereocenters. The molecule has 1 atom stereocenters. The molecular formula is C17H28N2. The van der Waals surface area contributed by atoms with E-state index in [4.69, 9.17) is 5.73 Å². The van der Waals surface area contributed by atoms with E-state index < -0.39 is 0 Å². The predicted molar refractivity (Wildman–Crippen MR) is 82.2 cm³/mol. The van der Waals surface area contributed by atoms with Crippen molar-refractivity contribution in [2.75, 3.05) is 13.1 Å². The molecule has 0 spiro atoms. The second-order valence-corrected chi connectivity index (χ2v) is 6.36. The molecule has 0 aliphatic heterocycles. The van der Waals surface area contributed by atoms with Gasteiger partial charge in [-0.05, 0) is 43.7 Å². The second-order valence-electron chi connectivity index (χ2n) is 6.36. The number of nitrogens with zero attached hydrogens (tertiary/aromatic N) is 1. The summed E-state index contributed by atoms with van der Waals surface area (Å²) in [6, 6.07) is 11.7. The highest BCUT2D eigenvalue weighted by Crippen LogP contribution is 2.27. The van der Waals surface area contributed by atoms with E-state index in [1.54, 1.807) is 0 Å². The molecule has 0 aromatic heterocycles. The highest BCUT2D eigenvalue weighted by atomic mass is 15.2. The number of hydrogen-bond donors (Lipinski definition) is 1. The summed E-state index contributed by atoms with van der Waals surface area (Å²) >= 11 is 0. The average Bonchev–Trinajstić information content (AvgIpc) is 3.19. The molecule has 2 heteroatoms. The molecule has 1 aromatic rings. The second kappa shape index (κ2) is 7.06. The maximum absolute atomic E-state index is 6.34. The molecule has 2 N–H and O–H groups in total. The van der Waals surface area contributed by atoms with Gasteiger partial charge >= 0.3 is 0 Å². The Morgan fingerprint density at radius 3 is 2.47 bits per heavy atom. The summed E-state index contributed by atoms with van der Waals surface area (Å²) in [7, 11) is 0. The van der Waals surface area contributed by atoms with Crippen LogP contribution in [0.4, 0.5) is 0 Å². The molecule has 0 saturated heterocycles. The Kier molecular flexibility index (Phi) is 5.41. The lowest BCUT2D eigenvalue weighted by Crippen LogP contribution is -2.40. The van der Waals surface area contributed by atoms with Gasteiger partial charge in [-0.25, -0.2) is 0 Å². The molecule has 0 amide bonds. The van der Waals surface area contributed by atoms with Gasteiger partial charge in [0.2, 0.25) is 0 Å². The van der Waals surface area contributed by atoms with Gasteiger partial charge in [-0.3, -0.25) is 4.90 Å². The largest absolute Gasteiger partial charge is 0.326 e. The molecule has 1 saturated carbocycles. The summed E-state index contributed by atoms with van der Waals surface area (Å²) in [6.07, 6.45) is 5.02. The van der Waals surface area contributed by atoms with Gasteiger partial charge in [-0.1, -0.05) is 44.2 Å². The van der Waals surface area contributed by atoms with Crippen LogP contribution in [0, 0.1) is 5.92 Å². The van der Waals surface area contributed by atoms with Gasteiger partial charge in [0, 0.05) is 18.6 Å². The molecular weight excluding hydrogens is 232 g/mol. The zero-order valence-corrected chi connectivity index (χ0v) is 12.4. The van der Waals surface area contributed by atoms with E-state index in [0.717, 1.165) is 24.9 Å². The lowest BCUT2D eigenvalue weighted by atomic mass is 10.1. The maximum Gasteiger partial charge on any atom is 0.0208 e. The minimum Gasteiger partial charge on any atom is -0.326 e. The summed E-state index contributed by atoms with van der Waals surface area (Å²) < 4.78 is 0. The van der Waals surface area contributed by atoms with E-state index >= 15 is 0 Å². The van der Waals surface area contributed by atoms with Crippen LogP contribution in [0.25, 0.3) is 0 Å². The number of benzene rings is 1. The van der Waals surface area contributed by atoms with E-state index in [9.17, 15) is 0 Å². The van der Waals surface area contributed by atoms with Crippen molar-refractivity contribution in [2.24, 2.45) is 11.7 Å². The lowest BCUT2D eigenvalue weighted by molar-refractivity contribution is 0.232. The Morgan fingerprint density at radius 2 is 1.89 bits per heavy atom. The van der Waals surface area contributed by atoms with Crippen molar-refractivity contribution in [2.45, 2.75) is 51.6 Å². The first-order valence-corrected chi connectivity index (χ1v) is 7.68. The van der Waals surface area contributed by atoms with Gasteiger partial charge in [0.25, 0.3) is 0 Å². The molecule has 106 valence electrons. The molecule has 1 aliphatic carbocycles. The Bertz CT molecular complexity index is 357. The van der Waals surface area contributed by atoms with Crippen LogP contribution in [-0.2, 0) is 6.42 Å². The molecule has 2 nitrogen and oxygen atoms in total. The van der Waals surface area contributed by atoms with Crippen LogP contribution >= 0.6 is 0 Å². The third kappa shape index (κ3) is 5.33. The van der Waals surface area contributed by atoms with Crippen molar-refractivity contribution in [1.29, 1.82) is 0 Å². The van der Waals surface area contributed by atoms with E-state index in [0.29, 0.717) is 0 Å². The van der Waals surface area contributed by atoms with E-state index in [1.807, 2.05) is 0 Å². The molecule has 0 bridgehead atoms. The molecule has 2 rings (SSSR count). The average molecular weight is 260 g/mol. The Morgan fingerprint density at radius 1 is 1.21 bits per heavy atom. The predicted octanol–water partition coefficient (Wildman–Crippen LogP) is 3.07. The maximum atomic E-state index is 6.34. The number of hydrogen-bond acceptors (Lipinski definition) is 2. The number of rotatable bonds is 8.